The van der Waals surface area contributed by atoms with Crippen molar-refractivity contribution in [3.05, 3.63) is 64.7 Å². The van der Waals surface area contributed by atoms with Crippen molar-refractivity contribution in [2.45, 2.75) is 47.2 Å². The molecule has 7 nitrogen and oxygen atoms in total. The maximum atomic E-state index is 13.4. The van der Waals surface area contributed by atoms with Crippen molar-refractivity contribution in [1.29, 1.82) is 0 Å². The van der Waals surface area contributed by atoms with Gasteiger partial charge < -0.3 is 10.2 Å². The van der Waals surface area contributed by atoms with Gasteiger partial charge in [-0.15, -0.1) is 0 Å². The first-order valence-electron chi connectivity index (χ1n) is 10.6. The molecule has 1 unspecified atom stereocenters. The van der Waals surface area contributed by atoms with Gasteiger partial charge in [-0.3, -0.25) is 13.9 Å². The monoisotopic (exact) mass is 459 g/mol. The molecule has 0 aliphatic rings. The topological polar surface area (TPSA) is 86.8 Å². The summed E-state index contributed by atoms with van der Waals surface area (Å²) in [4.78, 5) is 27.4. The summed E-state index contributed by atoms with van der Waals surface area (Å²) in [5, 5.41) is 2.74. The fourth-order valence-electron chi connectivity index (χ4n) is 3.62. The number of nitrogens with zero attached hydrogens (tertiary/aromatic N) is 2. The van der Waals surface area contributed by atoms with Crippen LogP contribution in [0.1, 0.15) is 36.1 Å². The highest BCUT2D eigenvalue weighted by molar-refractivity contribution is 7.92. The number of sulfonamides is 1. The van der Waals surface area contributed by atoms with E-state index in [1.54, 1.807) is 19.1 Å². The molecule has 2 aromatic carbocycles. The molecule has 2 rings (SSSR count). The van der Waals surface area contributed by atoms with Crippen LogP contribution >= 0.6 is 0 Å². The van der Waals surface area contributed by atoms with E-state index in [0.717, 1.165) is 32.8 Å². The Bertz CT molecular complexity index is 1060. The van der Waals surface area contributed by atoms with Crippen molar-refractivity contribution < 1.29 is 18.0 Å². The molecule has 0 saturated carbocycles. The highest BCUT2D eigenvalue weighted by atomic mass is 32.2. The van der Waals surface area contributed by atoms with Gasteiger partial charge in [0.1, 0.15) is 12.6 Å². The van der Waals surface area contributed by atoms with Crippen molar-refractivity contribution >= 4 is 27.5 Å². The lowest BCUT2D eigenvalue weighted by Gasteiger charge is -2.31. The van der Waals surface area contributed by atoms with Crippen LogP contribution < -0.4 is 9.62 Å². The van der Waals surface area contributed by atoms with Gasteiger partial charge >= 0.3 is 0 Å². The predicted octanol–water partition coefficient (Wildman–Crippen LogP) is 2.93. The first-order chi connectivity index (χ1) is 14.9. The van der Waals surface area contributed by atoms with Crippen LogP contribution in [-0.4, -0.2) is 50.5 Å². The van der Waals surface area contributed by atoms with Gasteiger partial charge in [0.25, 0.3) is 0 Å². The summed E-state index contributed by atoms with van der Waals surface area (Å²) in [5.41, 5.74) is 4.13. The van der Waals surface area contributed by atoms with Gasteiger partial charge in [0.2, 0.25) is 21.8 Å². The Kier molecular flexibility index (Phi) is 8.44. The fraction of sp³-hybridized carbons (Fsp3) is 0.417. The van der Waals surface area contributed by atoms with Crippen LogP contribution in [0.2, 0.25) is 0 Å². The van der Waals surface area contributed by atoms with Crippen LogP contribution in [0.4, 0.5) is 5.69 Å². The number of hydrogen-bond acceptors (Lipinski definition) is 4. The van der Waals surface area contributed by atoms with Crippen LogP contribution in [-0.2, 0) is 26.2 Å². The highest BCUT2D eigenvalue weighted by Crippen LogP contribution is 2.22. The third-order valence-corrected chi connectivity index (χ3v) is 6.27. The molecule has 0 aliphatic carbocycles. The van der Waals surface area contributed by atoms with Crippen LogP contribution in [0.3, 0.4) is 0 Å². The zero-order valence-corrected chi connectivity index (χ0v) is 20.5. The first kappa shape index (κ1) is 25.4. The van der Waals surface area contributed by atoms with Gasteiger partial charge in [-0.2, -0.15) is 0 Å². The molecule has 0 aliphatic heterocycles. The van der Waals surface area contributed by atoms with E-state index in [2.05, 4.69) is 5.32 Å². The summed E-state index contributed by atoms with van der Waals surface area (Å²) in [7, 11) is -3.73. The number of amides is 2. The summed E-state index contributed by atoms with van der Waals surface area (Å²) < 4.78 is 26.3. The van der Waals surface area contributed by atoms with Crippen molar-refractivity contribution in [2.75, 3.05) is 23.7 Å². The second-order valence-corrected chi connectivity index (χ2v) is 10.1. The van der Waals surface area contributed by atoms with Gasteiger partial charge in [-0.05, 0) is 63.4 Å². The smallest absolute Gasteiger partial charge is 0.244 e. The molecular formula is C24H33N3O4S. The summed E-state index contributed by atoms with van der Waals surface area (Å²) in [5.74, 6) is -0.736. The van der Waals surface area contributed by atoms with Gasteiger partial charge in [-0.1, -0.05) is 35.9 Å². The summed E-state index contributed by atoms with van der Waals surface area (Å²) in [6.07, 6.45) is 1.08. The Morgan fingerprint density at radius 1 is 1.00 bits per heavy atom. The molecule has 174 valence electrons. The number of aryl methyl sites for hydroxylation is 3. The third-order valence-electron chi connectivity index (χ3n) is 5.13. The normalized spacial score (nSPS) is 12.2. The minimum atomic E-state index is -3.73. The molecule has 2 amide bonds. The lowest BCUT2D eigenvalue weighted by atomic mass is 10.1. The van der Waals surface area contributed by atoms with Crippen LogP contribution in [0.25, 0.3) is 0 Å². The van der Waals surface area contributed by atoms with E-state index in [1.807, 2.05) is 58.0 Å². The van der Waals surface area contributed by atoms with E-state index in [-0.39, 0.29) is 12.5 Å². The number of carbonyl (C=O) groups is 2. The summed E-state index contributed by atoms with van der Waals surface area (Å²) >= 11 is 0. The maximum absolute atomic E-state index is 13.4. The Morgan fingerprint density at radius 2 is 1.62 bits per heavy atom. The van der Waals surface area contributed by atoms with Gasteiger partial charge in [0.15, 0.2) is 0 Å². The zero-order chi connectivity index (χ0) is 24.1. The molecule has 0 heterocycles. The maximum Gasteiger partial charge on any atom is 0.244 e. The first-order valence-corrected chi connectivity index (χ1v) is 12.5. The minimum absolute atomic E-state index is 0.198. The lowest BCUT2D eigenvalue weighted by molar-refractivity contribution is -0.139. The largest absolute Gasteiger partial charge is 0.355 e. The second kappa shape index (κ2) is 10.6. The van der Waals surface area contributed by atoms with E-state index in [0.29, 0.717) is 12.2 Å². The van der Waals surface area contributed by atoms with Crippen molar-refractivity contribution in [3.8, 4) is 0 Å². The molecule has 1 atom stereocenters. The lowest BCUT2D eigenvalue weighted by Crippen LogP contribution is -2.51. The quantitative estimate of drug-likeness (QED) is 0.625. The molecule has 0 spiro atoms. The Hall–Kier alpha value is -2.87. The SMILES string of the molecule is CCNC(=O)C(C)N(Cc1cccc(C)c1)C(=O)CN(c1cc(C)cc(C)c1)S(C)(=O)=O. The Balaban J connectivity index is 2.42. The summed E-state index contributed by atoms with van der Waals surface area (Å²) in [6, 6.07) is 12.3. The van der Waals surface area contributed by atoms with Crippen LogP contribution in [0.15, 0.2) is 42.5 Å². The van der Waals surface area contributed by atoms with Gasteiger partial charge in [0, 0.05) is 13.1 Å². The molecular weight excluding hydrogens is 426 g/mol. The molecule has 0 bridgehead atoms. The van der Waals surface area contributed by atoms with E-state index in [9.17, 15) is 18.0 Å². The van der Waals surface area contributed by atoms with E-state index in [1.165, 1.54) is 4.90 Å². The van der Waals surface area contributed by atoms with Gasteiger partial charge in [0.05, 0.1) is 11.9 Å². The molecule has 8 heteroatoms. The molecule has 0 fully saturated rings. The average molecular weight is 460 g/mol. The van der Waals surface area contributed by atoms with Gasteiger partial charge in [-0.25, -0.2) is 8.42 Å². The van der Waals surface area contributed by atoms with E-state index in [4.69, 9.17) is 0 Å². The van der Waals surface area contributed by atoms with E-state index >= 15 is 0 Å². The number of rotatable bonds is 9. The van der Waals surface area contributed by atoms with Crippen LogP contribution in [0.5, 0.6) is 0 Å². The molecule has 0 radical (unpaired) electrons. The number of benzene rings is 2. The molecule has 1 N–H and O–H groups in total. The Morgan fingerprint density at radius 3 is 2.16 bits per heavy atom. The van der Waals surface area contributed by atoms with Crippen molar-refractivity contribution in [3.63, 3.8) is 0 Å². The van der Waals surface area contributed by atoms with Crippen LogP contribution in [0, 0.1) is 20.8 Å². The summed E-state index contributed by atoms with van der Waals surface area (Å²) in [6.45, 7) is 9.41. The predicted molar refractivity (Wildman–Crippen MR) is 128 cm³/mol. The minimum Gasteiger partial charge on any atom is -0.355 e. The fourth-order valence-corrected chi connectivity index (χ4v) is 4.45. The molecule has 2 aromatic rings. The molecule has 0 aromatic heterocycles. The standard InChI is InChI=1S/C24H33N3O4S/c1-7-25-24(29)20(5)26(15-21-10-8-9-17(2)12-21)23(28)16-27(32(6,30)31)22-13-18(3)11-19(4)14-22/h8-14,20H,7,15-16H2,1-6H3,(H,25,29). The number of hydrogen-bond donors (Lipinski definition) is 1. The highest BCUT2D eigenvalue weighted by Gasteiger charge is 2.30. The second-order valence-electron chi connectivity index (χ2n) is 8.20. The molecule has 0 saturated heterocycles. The third kappa shape index (κ3) is 6.82. The average Bonchev–Trinajstić information content (AvgIpc) is 2.68. The zero-order valence-electron chi connectivity index (χ0n) is 19.7. The number of carbonyl (C=O) groups excluding carboxylic acids is 2. The number of likely N-dealkylation sites (N-methyl/N-ethyl adjacent to an activating group) is 1. The number of anilines is 1. The number of nitrogens with one attached hydrogen (secondary N) is 1. The molecule has 32 heavy (non-hydrogen) atoms. The van der Waals surface area contributed by atoms with Crippen molar-refractivity contribution in [2.24, 2.45) is 0 Å². The van der Waals surface area contributed by atoms with E-state index < -0.39 is 28.5 Å². The van der Waals surface area contributed by atoms with Crippen molar-refractivity contribution in [1.82, 2.24) is 10.2 Å². The Labute approximate surface area is 191 Å².